The summed E-state index contributed by atoms with van der Waals surface area (Å²) in [5, 5.41) is 4.02. The van der Waals surface area contributed by atoms with Crippen LogP contribution in [0.25, 0.3) is 11.4 Å². The summed E-state index contributed by atoms with van der Waals surface area (Å²) < 4.78 is 18.5. The van der Waals surface area contributed by atoms with E-state index in [1.807, 2.05) is 20.8 Å². The summed E-state index contributed by atoms with van der Waals surface area (Å²) in [7, 11) is 0. The molecule has 1 aliphatic rings. The maximum atomic E-state index is 13.0. The summed E-state index contributed by atoms with van der Waals surface area (Å²) in [6.07, 6.45) is 1.45. The van der Waals surface area contributed by atoms with Crippen LogP contribution < -0.4 is 5.73 Å². The van der Waals surface area contributed by atoms with Crippen molar-refractivity contribution in [3.05, 3.63) is 36.0 Å². The zero-order valence-electron chi connectivity index (χ0n) is 13.5. The number of carbonyl (C=O) groups is 1. The summed E-state index contributed by atoms with van der Waals surface area (Å²) in [5.74, 6) is 0.0708. The lowest BCUT2D eigenvalue weighted by molar-refractivity contribution is -0.125. The van der Waals surface area contributed by atoms with E-state index in [4.69, 9.17) is 10.3 Å². The van der Waals surface area contributed by atoms with Gasteiger partial charge in [-0.05, 0) is 42.5 Å². The van der Waals surface area contributed by atoms with Crippen molar-refractivity contribution in [2.45, 2.75) is 39.0 Å². The number of benzene rings is 1. The van der Waals surface area contributed by atoms with Crippen molar-refractivity contribution in [1.29, 1.82) is 0 Å². The van der Waals surface area contributed by atoms with Crippen LogP contribution in [0.5, 0.6) is 0 Å². The van der Waals surface area contributed by atoms with Crippen molar-refractivity contribution < 1.29 is 13.7 Å². The van der Waals surface area contributed by atoms with Crippen molar-refractivity contribution >= 4 is 5.91 Å². The van der Waals surface area contributed by atoms with Gasteiger partial charge in [0, 0.05) is 11.5 Å². The number of primary amides is 1. The van der Waals surface area contributed by atoms with Gasteiger partial charge < -0.3 is 10.3 Å². The Bertz CT molecular complexity index is 739. The van der Waals surface area contributed by atoms with Gasteiger partial charge in [-0.2, -0.15) is 4.98 Å². The topological polar surface area (TPSA) is 82.0 Å². The van der Waals surface area contributed by atoms with Gasteiger partial charge in [-0.25, -0.2) is 4.39 Å². The van der Waals surface area contributed by atoms with Crippen LogP contribution in [0.1, 0.15) is 39.5 Å². The predicted molar refractivity (Wildman–Crippen MR) is 82.7 cm³/mol. The molecule has 0 bridgehead atoms. The number of rotatable bonds is 3. The zero-order chi connectivity index (χ0) is 16.8. The highest BCUT2D eigenvalue weighted by Gasteiger charge is 2.57. The first kappa shape index (κ1) is 15.6. The molecule has 0 unspecified atom stereocenters. The van der Waals surface area contributed by atoms with Crippen LogP contribution >= 0.6 is 0 Å². The molecular weight excluding hydrogens is 297 g/mol. The number of aromatic nitrogens is 2. The fourth-order valence-corrected chi connectivity index (χ4v) is 3.54. The van der Waals surface area contributed by atoms with Crippen LogP contribution in [0.15, 0.2) is 28.8 Å². The Labute approximate surface area is 134 Å². The Kier molecular flexibility index (Phi) is 3.50. The highest BCUT2D eigenvalue weighted by atomic mass is 19.1. The molecule has 3 rings (SSSR count). The van der Waals surface area contributed by atoms with E-state index < -0.39 is 5.41 Å². The quantitative estimate of drug-likeness (QED) is 0.943. The highest BCUT2D eigenvalue weighted by Crippen LogP contribution is 2.56. The van der Waals surface area contributed by atoms with Gasteiger partial charge in [-0.15, -0.1) is 0 Å². The fraction of sp³-hybridized carbons (Fsp3) is 0.471. The Morgan fingerprint density at radius 3 is 2.52 bits per heavy atom. The summed E-state index contributed by atoms with van der Waals surface area (Å²) >= 11 is 0. The van der Waals surface area contributed by atoms with E-state index in [1.54, 1.807) is 12.1 Å². The van der Waals surface area contributed by atoms with Gasteiger partial charge in [0.2, 0.25) is 17.6 Å². The van der Waals surface area contributed by atoms with E-state index in [9.17, 15) is 9.18 Å². The molecule has 1 aromatic carbocycles. The van der Waals surface area contributed by atoms with Crippen molar-refractivity contribution in [3.8, 4) is 11.4 Å². The monoisotopic (exact) mass is 317 g/mol. The lowest BCUT2D eigenvalue weighted by atomic mass is 9.65. The summed E-state index contributed by atoms with van der Waals surface area (Å²) in [4.78, 5) is 16.2. The number of nitrogens with two attached hydrogens (primary N) is 1. The summed E-state index contributed by atoms with van der Waals surface area (Å²) in [6, 6.07) is 5.93. The molecule has 1 aromatic heterocycles. The summed E-state index contributed by atoms with van der Waals surface area (Å²) in [5.41, 5.74) is 5.41. The van der Waals surface area contributed by atoms with Crippen LogP contribution in [0.2, 0.25) is 0 Å². The molecule has 2 aromatic rings. The van der Waals surface area contributed by atoms with Gasteiger partial charge in [0.05, 0.1) is 5.41 Å². The maximum Gasteiger partial charge on any atom is 0.233 e. The Morgan fingerprint density at radius 2 is 1.96 bits per heavy atom. The highest BCUT2D eigenvalue weighted by molar-refractivity contribution is 5.78. The van der Waals surface area contributed by atoms with Crippen molar-refractivity contribution in [1.82, 2.24) is 10.1 Å². The van der Waals surface area contributed by atoms with Gasteiger partial charge >= 0.3 is 0 Å². The normalized spacial score (nSPS) is 26.3. The lowest BCUT2D eigenvalue weighted by Crippen LogP contribution is -2.42. The van der Waals surface area contributed by atoms with Crippen molar-refractivity contribution in [2.75, 3.05) is 0 Å². The molecule has 1 fully saturated rings. The van der Waals surface area contributed by atoms with E-state index in [1.165, 1.54) is 12.1 Å². The van der Waals surface area contributed by atoms with Crippen LogP contribution in [-0.2, 0) is 10.2 Å². The Hall–Kier alpha value is -2.24. The van der Waals surface area contributed by atoms with Gasteiger partial charge in [-0.1, -0.05) is 25.9 Å². The van der Waals surface area contributed by atoms with E-state index >= 15 is 0 Å². The molecule has 23 heavy (non-hydrogen) atoms. The smallest absolute Gasteiger partial charge is 0.233 e. The first-order chi connectivity index (χ1) is 10.8. The van der Waals surface area contributed by atoms with Crippen molar-refractivity contribution in [3.63, 3.8) is 0 Å². The molecule has 1 amide bonds. The molecule has 1 aliphatic carbocycles. The minimum Gasteiger partial charge on any atom is -0.369 e. The predicted octanol–water partition coefficient (Wildman–Crippen LogP) is 3.05. The minimum atomic E-state index is -0.433. The fourth-order valence-electron chi connectivity index (χ4n) is 3.54. The van der Waals surface area contributed by atoms with E-state index in [-0.39, 0.29) is 23.1 Å². The average Bonchev–Trinajstić information content (AvgIpc) is 3.05. The second-order valence-electron chi connectivity index (χ2n) is 6.98. The first-order valence-electron chi connectivity index (χ1n) is 7.65. The SMILES string of the molecule is CC1(C)[C@H](C(N)=O)CC[C@]1(C)c1nc(-c2ccc(F)cc2)no1. The van der Waals surface area contributed by atoms with Crippen LogP contribution in [0.4, 0.5) is 4.39 Å². The van der Waals surface area contributed by atoms with Gasteiger partial charge in [0.15, 0.2) is 0 Å². The third-order valence-corrected chi connectivity index (χ3v) is 5.57. The zero-order valence-corrected chi connectivity index (χ0v) is 13.5. The van der Waals surface area contributed by atoms with E-state index in [2.05, 4.69) is 10.1 Å². The number of hydrogen-bond acceptors (Lipinski definition) is 4. The molecule has 1 saturated carbocycles. The number of hydrogen-bond donors (Lipinski definition) is 1. The lowest BCUT2D eigenvalue weighted by Gasteiger charge is -2.37. The molecule has 122 valence electrons. The molecule has 5 nitrogen and oxygen atoms in total. The second kappa shape index (κ2) is 5.15. The van der Waals surface area contributed by atoms with E-state index in [0.717, 1.165) is 6.42 Å². The standard InChI is InChI=1S/C17H20FN3O2/c1-16(2)12(13(19)22)8-9-17(16,3)15-20-14(21-23-15)10-4-6-11(18)7-5-10/h4-7,12H,8-9H2,1-3H3,(H2,19,22)/t12-,17+/m0/s1. The molecule has 0 saturated heterocycles. The molecule has 1 heterocycles. The average molecular weight is 317 g/mol. The largest absolute Gasteiger partial charge is 0.369 e. The number of nitrogens with zero attached hydrogens (tertiary/aromatic N) is 2. The molecule has 2 atom stereocenters. The van der Waals surface area contributed by atoms with E-state index in [0.29, 0.717) is 23.7 Å². The molecular formula is C17H20FN3O2. The second-order valence-corrected chi connectivity index (χ2v) is 6.98. The number of amides is 1. The molecule has 0 spiro atoms. The Balaban J connectivity index is 1.96. The van der Waals surface area contributed by atoms with Gasteiger partial charge in [0.25, 0.3) is 0 Å². The molecule has 0 radical (unpaired) electrons. The van der Waals surface area contributed by atoms with Crippen LogP contribution in [0, 0.1) is 17.2 Å². The maximum absolute atomic E-state index is 13.0. The number of carbonyl (C=O) groups excluding carboxylic acids is 1. The Morgan fingerprint density at radius 1 is 1.30 bits per heavy atom. The number of halogens is 1. The van der Waals surface area contributed by atoms with Crippen LogP contribution in [-0.4, -0.2) is 16.0 Å². The van der Waals surface area contributed by atoms with Gasteiger partial charge in [-0.3, -0.25) is 4.79 Å². The van der Waals surface area contributed by atoms with Gasteiger partial charge in [0.1, 0.15) is 5.82 Å². The summed E-state index contributed by atoms with van der Waals surface area (Å²) in [6.45, 7) is 6.05. The molecule has 6 heteroatoms. The molecule has 0 aliphatic heterocycles. The third-order valence-electron chi connectivity index (χ3n) is 5.57. The van der Waals surface area contributed by atoms with Crippen molar-refractivity contribution in [2.24, 2.45) is 17.1 Å². The first-order valence-corrected chi connectivity index (χ1v) is 7.65. The van der Waals surface area contributed by atoms with Crippen LogP contribution in [0.3, 0.4) is 0 Å². The molecule has 2 N–H and O–H groups in total. The third kappa shape index (κ3) is 2.33. The minimum absolute atomic E-state index is 0.228.